The van der Waals surface area contributed by atoms with E-state index < -0.39 is 0 Å². The molecule has 0 spiro atoms. The Balaban J connectivity index is 2.08. The number of rotatable bonds is 21. The van der Waals surface area contributed by atoms with Gasteiger partial charge in [0.1, 0.15) is 5.75 Å². The van der Waals surface area contributed by atoms with Crippen molar-refractivity contribution in [2.45, 2.75) is 96.8 Å². The zero-order valence-corrected chi connectivity index (χ0v) is 22.6. The minimum Gasteiger partial charge on any atom is -0.496 e. The van der Waals surface area contributed by atoms with E-state index in [2.05, 4.69) is 19.1 Å². The molecule has 0 N–H and O–H groups in total. The van der Waals surface area contributed by atoms with Gasteiger partial charge in [-0.15, -0.1) is 0 Å². The summed E-state index contributed by atoms with van der Waals surface area (Å²) in [4.78, 5) is 12.0. The Bertz CT molecular complexity index is 739. The molecule has 0 aliphatic heterocycles. The molecular weight excluding hydrogens is 440 g/mol. The predicted octanol–water partition coefficient (Wildman–Crippen LogP) is 8.31. The van der Waals surface area contributed by atoms with Crippen molar-refractivity contribution in [3.63, 3.8) is 0 Å². The second-order valence-electron chi connectivity index (χ2n) is 8.89. The van der Waals surface area contributed by atoms with E-state index in [0.717, 1.165) is 18.4 Å². The number of hydrogen-bond acceptors (Lipinski definition) is 5. The molecule has 0 bridgehead atoms. The molecule has 0 saturated carbocycles. The highest BCUT2D eigenvalue weighted by Gasteiger charge is 2.10. The monoisotopic (exact) mass is 488 g/mol. The lowest BCUT2D eigenvalue weighted by Gasteiger charge is -2.12. The molecule has 0 fully saturated rings. The van der Waals surface area contributed by atoms with Crippen molar-refractivity contribution in [1.29, 1.82) is 0 Å². The number of unbranched alkanes of at least 4 members (excludes halogenated alkanes) is 12. The fraction of sp³-hybridized carbons (Fsp3) is 0.633. The van der Waals surface area contributed by atoms with Gasteiger partial charge in [-0.05, 0) is 44.2 Å². The van der Waals surface area contributed by atoms with Crippen LogP contribution in [0.3, 0.4) is 0 Å². The maximum atomic E-state index is 12.0. The Hall–Kier alpha value is -2.43. The fourth-order valence-electron chi connectivity index (χ4n) is 3.91. The Kier molecular flexibility index (Phi) is 18.3. The first-order valence-electron chi connectivity index (χ1n) is 13.5. The third-order valence-electron chi connectivity index (χ3n) is 6.04. The topological polar surface area (TPSA) is 54.0 Å². The molecule has 198 valence electrons. The number of carbonyl (C=O) groups is 1. The van der Waals surface area contributed by atoms with Gasteiger partial charge in [0.15, 0.2) is 11.5 Å². The highest BCUT2D eigenvalue weighted by molar-refractivity contribution is 5.87. The minimum absolute atomic E-state index is 0.352. The van der Waals surface area contributed by atoms with Gasteiger partial charge in [-0.1, -0.05) is 76.9 Å². The van der Waals surface area contributed by atoms with Gasteiger partial charge in [-0.25, -0.2) is 4.79 Å². The maximum absolute atomic E-state index is 12.0. The van der Waals surface area contributed by atoms with E-state index in [0.29, 0.717) is 23.9 Å². The summed E-state index contributed by atoms with van der Waals surface area (Å²) in [7, 11) is 4.71. The van der Waals surface area contributed by atoms with Crippen LogP contribution in [0.15, 0.2) is 30.4 Å². The predicted molar refractivity (Wildman–Crippen MR) is 146 cm³/mol. The van der Waals surface area contributed by atoms with Gasteiger partial charge >= 0.3 is 5.97 Å². The molecule has 0 atom stereocenters. The molecule has 0 aromatic heterocycles. The van der Waals surface area contributed by atoms with Crippen LogP contribution < -0.4 is 14.2 Å². The van der Waals surface area contributed by atoms with Crippen molar-refractivity contribution in [1.82, 2.24) is 0 Å². The Morgan fingerprint density at radius 2 is 1.20 bits per heavy atom. The van der Waals surface area contributed by atoms with E-state index in [1.165, 1.54) is 83.1 Å². The third-order valence-corrected chi connectivity index (χ3v) is 6.04. The van der Waals surface area contributed by atoms with Crippen molar-refractivity contribution in [3.05, 3.63) is 35.9 Å². The first-order valence-corrected chi connectivity index (χ1v) is 13.5. The Morgan fingerprint density at radius 3 is 1.77 bits per heavy atom. The molecule has 0 saturated heterocycles. The smallest absolute Gasteiger partial charge is 0.330 e. The lowest BCUT2D eigenvalue weighted by molar-refractivity contribution is -0.137. The first kappa shape index (κ1) is 30.6. The molecule has 1 aromatic carbocycles. The number of esters is 1. The normalized spacial score (nSPS) is 11.3. The largest absolute Gasteiger partial charge is 0.496 e. The Morgan fingerprint density at radius 1 is 0.686 bits per heavy atom. The molecule has 0 radical (unpaired) electrons. The summed E-state index contributed by atoms with van der Waals surface area (Å²) >= 11 is 0. The van der Waals surface area contributed by atoms with Gasteiger partial charge in [0, 0.05) is 17.7 Å². The summed E-state index contributed by atoms with van der Waals surface area (Å²) in [6.45, 7) is 2.72. The molecule has 1 rings (SSSR count). The number of benzene rings is 1. The van der Waals surface area contributed by atoms with Crippen LogP contribution in [0.5, 0.6) is 17.2 Å². The Labute approximate surface area is 213 Å². The molecule has 0 heterocycles. The average Bonchev–Trinajstić information content (AvgIpc) is 2.88. The quantitative estimate of drug-likeness (QED) is 0.0753. The number of allylic oxidation sites excluding steroid dienone is 2. The van der Waals surface area contributed by atoms with Crippen LogP contribution in [0.4, 0.5) is 0 Å². The van der Waals surface area contributed by atoms with E-state index >= 15 is 0 Å². The molecule has 5 nitrogen and oxygen atoms in total. The van der Waals surface area contributed by atoms with Gasteiger partial charge in [0.25, 0.3) is 0 Å². The van der Waals surface area contributed by atoms with Crippen LogP contribution >= 0.6 is 0 Å². The molecule has 0 aliphatic rings. The summed E-state index contributed by atoms with van der Waals surface area (Å²) in [6, 6.07) is 3.50. The van der Waals surface area contributed by atoms with Crippen molar-refractivity contribution < 1.29 is 23.7 Å². The van der Waals surface area contributed by atoms with Crippen molar-refractivity contribution in [2.24, 2.45) is 0 Å². The fourth-order valence-corrected chi connectivity index (χ4v) is 3.91. The molecular formula is C30H48O5. The molecule has 0 amide bonds. The second-order valence-corrected chi connectivity index (χ2v) is 8.89. The molecule has 5 heteroatoms. The van der Waals surface area contributed by atoms with E-state index in [1.54, 1.807) is 39.5 Å². The number of carbonyl (C=O) groups excluding carboxylic acids is 1. The van der Waals surface area contributed by atoms with Crippen LogP contribution in [-0.4, -0.2) is 33.9 Å². The van der Waals surface area contributed by atoms with Crippen molar-refractivity contribution in [3.8, 4) is 17.2 Å². The summed E-state index contributed by atoms with van der Waals surface area (Å²) in [5.41, 5.74) is 0.722. The minimum atomic E-state index is -0.352. The zero-order chi connectivity index (χ0) is 25.6. The number of methoxy groups -OCH3 is 3. The average molecular weight is 489 g/mol. The van der Waals surface area contributed by atoms with Crippen LogP contribution in [0.1, 0.15) is 102 Å². The number of hydrogen-bond donors (Lipinski definition) is 0. The van der Waals surface area contributed by atoms with E-state index in [4.69, 9.17) is 18.9 Å². The van der Waals surface area contributed by atoms with Crippen LogP contribution in [0.2, 0.25) is 0 Å². The van der Waals surface area contributed by atoms with Crippen LogP contribution in [-0.2, 0) is 9.53 Å². The molecule has 1 aromatic rings. The van der Waals surface area contributed by atoms with Gasteiger partial charge in [-0.3, -0.25) is 0 Å². The number of ether oxygens (including phenoxy) is 4. The zero-order valence-electron chi connectivity index (χ0n) is 22.6. The molecule has 0 aliphatic carbocycles. The van der Waals surface area contributed by atoms with Crippen molar-refractivity contribution in [2.75, 3.05) is 27.9 Å². The van der Waals surface area contributed by atoms with Crippen LogP contribution in [0, 0.1) is 0 Å². The summed E-state index contributed by atoms with van der Waals surface area (Å²) in [5, 5.41) is 0. The van der Waals surface area contributed by atoms with Gasteiger partial charge in [0.2, 0.25) is 0 Å². The van der Waals surface area contributed by atoms with Gasteiger partial charge in [0.05, 0.1) is 27.9 Å². The summed E-state index contributed by atoms with van der Waals surface area (Å²) < 4.78 is 21.3. The van der Waals surface area contributed by atoms with Gasteiger partial charge in [-0.2, -0.15) is 0 Å². The molecule has 35 heavy (non-hydrogen) atoms. The van der Waals surface area contributed by atoms with Gasteiger partial charge < -0.3 is 18.9 Å². The summed E-state index contributed by atoms with van der Waals surface area (Å²) in [5.74, 6) is 1.39. The third kappa shape index (κ3) is 14.5. The first-order chi connectivity index (χ1) is 17.2. The maximum Gasteiger partial charge on any atom is 0.330 e. The van der Waals surface area contributed by atoms with E-state index in [-0.39, 0.29) is 5.97 Å². The van der Waals surface area contributed by atoms with E-state index in [9.17, 15) is 4.79 Å². The van der Waals surface area contributed by atoms with E-state index in [1.807, 2.05) is 0 Å². The highest BCUT2D eigenvalue weighted by atomic mass is 16.5. The SMILES string of the molecule is CCCCCCCC/C=C\CCCCCCCCOC(=O)C=Cc1cc(OC)c(OC)cc1OC. The standard InChI is InChI=1S/C30H48O5/c1-5-6-7-8-9-10-11-12-13-14-15-16-17-18-19-20-23-35-30(31)22-21-26-24-28(33-3)29(34-4)25-27(26)32-2/h12-13,21-22,24-25H,5-11,14-20,23H2,1-4H3/b13-12-,22-21?. The lowest BCUT2D eigenvalue weighted by Crippen LogP contribution is -2.02. The second kappa shape index (κ2) is 20.9. The lowest BCUT2D eigenvalue weighted by atomic mass is 10.1. The summed E-state index contributed by atoms with van der Waals surface area (Å²) in [6.07, 6.45) is 25.4. The van der Waals surface area contributed by atoms with Crippen molar-refractivity contribution >= 4 is 12.0 Å². The highest BCUT2D eigenvalue weighted by Crippen LogP contribution is 2.35. The molecule has 0 unspecified atom stereocenters. The van der Waals surface area contributed by atoms with Crippen LogP contribution in [0.25, 0.3) is 6.08 Å².